The highest BCUT2D eigenvalue weighted by Crippen LogP contribution is 2.26. The number of hydrogen-bond acceptors (Lipinski definition) is 3. The van der Waals surface area contributed by atoms with Crippen LogP contribution in [0.25, 0.3) is 10.9 Å². The number of H-pyrrole nitrogens is 1. The summed E-state index contributed by atoms with van der Waals surface area (Å²) < 4.78 is 0. The number of nitrogens with one attached hydrogen (secondary N) is 1. The van der Waals surface area contributed by atoms with E-state index in [-0.39, 0.29) is 11.5 Å². The van der Waals surface area contributed by atoms with E-state index in [1.165, 1.54) is 24.8 Å². The minimum absolute atomic E-state index is 0.00177. The van der Waals surface area contributed by atoms with E-state index < -0.39 is 0 Å². The molecule has 5 nitrogen and oxygen atoms in total. The zero-order valence-corrected chi connectivity index (χ0v) is 17.1. The summed E-state index contributed by atoms with van der Waals surface area (Å²) in [6.07, 6.45) is 5.78. The van der Waals surface area contributed by atoms with Crippen molar-refractivity contribution in [1.82, 2.24) is 14.8 Å². The van der Waals surface area contributed by atoms with Gasteiger partial charge in [-0.1, -0.05) is 31.4 Å². The minimum atomic E-state index is 0.00177. The molecule has 1 aliphatic heterocycles. The summed E-state index contributed by atoms with van der Waals surface area (Å²) in [5.41, 5.74) is 4.08. The Labute approximate surface area is 166 Å². The van der Waals surface area contributed by atoms with Crippen LogP contribution >= 0.6 is 0 Å². The van der Waals surface area contributed by atoms with E-state index in [2.05, 4.69) is 35.9 Å². The average Bonchev–Trinajstić information content (AvgIpc) is 2.73. The number of carbonyl (C=O) groups excluding carboxylic acids is 1. The molecule has 0 bridgehead atoms. The number of nitrogens with zero attached hydrogens (tertiary/aromatic N) is 2. The number of carbonyl (C=O) groups is 1. The van der Waals surface area contributed by atoms with Gasteiger partial charge in [-0.05, 0) is 49.3 Å². The van der Waals surface area contributed by atoms with Gasteiger partial charge in [-0.3, -0.25) is 14.5 Å². The van der Waals surface area contributed by atoms with Crippen LogP contribution in [0.15, 0.2) is 23.0 Å². The van der Waals surface area contributed by atoms with Crippen LogP contribution in [-0.4, -0.2) is 46.9 Å². The van der Waals surface area contributed by atoms with Gasteiger partial charge in [0.15, 0.2) is 0 Å². The Balaban J connectivity index is 1.41. The average molecular weight is 382 g/mol. The molecular formula is C23H31N3O2. The van der Waals surface area contributed by atoms with Crippen LogP contribution in [0.5, 0.6) is 0 Å². The lowest BCUT2D eigenvalue weighted by molar-refractivity contribution is -0.138. The van der Waals surface area contributed by atoms with Crippen molar-refractivity contribution < 1.29 is 4.79 Å². The van der Waals surface area contributed by atoms with Crippen molar-refractivity contribution in [2.24, 2.45) is 5.92 Å². The lowest BCUT2D eigenvalue weighted by Crippen LogP contribution is -2.50. The number of pyridine rings is 1. The van der Waals surface area contributed by atoms with E-state index >= 15 is 0 Å². The Morgan fingerprint density at radius 3 is 2.50 bits per heavy atom. The summed E-state index contributed by atoms with van der Waals surface area (Å²) in [5.74, 6) is 0.601. The van der Waals surface area contributed by atoms with Crippen LogP contribution in [0.1, 0.15) is 48.8 Å². The van der Waals surface area contributed by atoms with Crippen molar-refractivity contribution in [1.29, 1.82) is 0 Å². The predicted octanol–water partition coefficient (Wildman–Crippen LogP) is 3.37. The summed E-state index contributed by atoms with van der Waals surface area (Å²) in [5, 5.41) is 1.09. The van der Waals surface area contributed by atoms with E-state index in [9.17, 15) is 9.59 Å². The molecule has 1 N–H and O–H groups in total. The van der Waals surface area contributed by atoms with Gasteiger partial charge in [0.05, 0.1) is 5.52 Å². The Hall–Kier alpha value is -2.14. The highest BCUT2D eigenvalue weighted by molar-refractivity contribution is 5.83. The van der Waals surface area contributed by atoms with E-state index in [1.807, 2.05) is 11.0 Å². The second-order valence-corrected chi connectivity index (χ2v) is 8.53. The van der Waals surface area contributed by atoms with Crippen molar-refractivity contribution in [3.8, 4) is 0 Å². The quantitative estimate of drug-likeness (QED) is 0.887. The number of rotatable bonds is 3. The number of benzene rings is 1. The van der Waals surface area contributed by atoms with Crippen molar-refractivity contribution in [3.05, 3.63) is 45.2 Å². The molecule has 1 saturated heterocycles. The van der Waals surface area contributed by atoms with Crippen molar-refractivity contribution >= 4 is 16.8 Å². The summed E-state index contributed by atoms with van der Waals surface area (Å²) in [4.78, 5) is 32.8. The molecule has 0 atom stereocenters. The molecule has 1 saturated carbocycles. The summed E-state index contributed by atoms with van der Waals surface area (Å²) in [6.45, 7) is 7.98. The lowest BCUT2D eigenvalue weighted by Gasteiger charge is -2.37. The summed E-state index contributed by atoms with van der Waals surface area (Å²) in [7, 11) is 0. The molecule has 0 spiro atoms. The van der Waals surface area contributed by atoms with Gasteiger partial charge in [0.1, 0.15) is 0 Å². The minimum Gasteiger partial charge on any atom is -0.340 e. The highest BCUT2D eigenvalue weighted by atomic mass is 16.2. The molecule has 2 fully saturated rings. The zero-order chi connectivity index (χ0) is 19.7. The number of amides is 1. The SMILES string of the molecule is Cc1ccc2cc(CN3CCN(C(=O)C4CCCCC4)CC3)c(=O)[nH]c2c1C. The molecule has 2 aliphatic rings. The Bertz CT molecular complexity index is 919. The number of fused-ring (bicyclic) bond motifs is 1. The summed E-state index contributed by atoms with van der Waals surface area (Å²) >= 11 is 0. The Morgan fingerprint density at radius 1 is 1.07 bits per heavy atom. The van der Waals surface area contributed by atoms with Gasteiger partial charge in [-0.15, -0.1) is 0 Å². The number of hydrogen-bond donors (Lipinski definition) is 1. The first-order chi connectivity index (χ1) is 13.5. The lowest BCUT2D eigenvalue weighted by atomic mass is 9.88. The zero-order valence-electron chi connectivity index (χ0n) is 17.1. The Morgan fingerprint density at radius 2 is 1.79 bits per heavy atom. The molecule has 0 radical (unpaired) electrons. The van der Waals surface area contributed by atoms with Gasteiger partial charge < -0.3 is 9.88 Å². The predicted molar refractivity (Wildman–Crippen MR) is 112 cm³/mol. The van der Waals surface area contributed by atoms with E-state index in [0.29, 0.717) is 12.5 Å². The number of aromatic nitrogens is 1. The van der Waals surface area contributed by atoms with Crippen LogP contribution in [0.3, 0.4) is 0 Å². The molecule has 28 heavy (non-hydrogen) atoms. The first-order valence-corrected chi connectivity index (χ1v) is 10.7. The maximum Gasteiger partial charge on any atom is 0.252 e. The third-order valence-corrected chi connectivity index (χ3v) is 6.66. The van der Waals surface area contributed by atoms with Gasteiger partial charge in [0.25, 0.3) is 5.56 Å². The van der Waals surface area contributed by atoms with Gasteiger partial charge in [-0.25, -0.2) is 0 Å². The van der Waals surface area contributed by atoms with Gasteiger partial charge in [0.2, 0.25) is 5.91 Å². The van der Waals surface area contributed by atoms with E-state index in [0.717, 1.165) is 61.1 Å². The molecular weight excluding hydrogens is 350 g/mol. The number of aromatic amines is 1. The maximum atomic E-state index is 12.7. The standard InChI is InChI=1S/C23H31N3O2/c1-16-8-9-19-14-20(22(27)24-21(19)17(16)2)15-25-10-12-26(13-11-25)23(28)18-6-4-3-5-7-18/h8-9,14,18H,3-7,10-13,15H2,1-2H3,(H,24,27). The molecule has 150 valence electrons. The first-order valence-electron chi connectivity index (χ1n) is 10.7. The molecule has 0 unspecified atom stereocenters. The summed E-state index contributed by atoms with van der Waals surface area (Å²) in [6, 6.07) is 6.22. The van der Waals surface area contributed by atoms with Crippen molar-refractivity contribution in [2.75, 3.05) is 26.2 Å². The number of piperazine rings is 1. The smallest absolute Gasteiger partial charge is 0.252 e. The van der Waals surface area contributed by atoms with Crippen molar-refractivity contribution in [2.45, 2.75) is 52.5 Å². The van der Waals surface area contributed by atoms with Crippen LogP contribution in [0.4, 0.5) is 0 Å². The molecule has 2 aromatic rings. The second kappa shape index (κ2) is 8.08. The Kier molecular flexibility index (Phi) is 5.54. The fraction of sp³-hybridized carbons (Fsp3) is 0.565. The third kappa shape index (κ3) is 3.86. The largest absolute Gasteiger partial charge is 0.340 e. The fourth-order valence-corrected chi connectivity index (χ4v) is 4.66. The molecule has 1 aromatic carbocycles. The van der Waals surface area contributed by atoms with Crippen LogP contribution in [0.2, 0.25) is 0 Å². The van der Waals surface area contributed by atoms with Gasteiger partial charge in [-0.2, -0.15) is 0 Å². The fourth-order valence-electron chi connectivity index (χ4n) is 4.66. The van der Waals surface area contributed by atoms with Gasteiger partial charge in [0, 0.05) is 44.2 Å². The monoisotopic (exact) mass is 381 g/mol. The van der Waals surface area contributed by atoms with E-state index in [1.54, 1.807) is 0 Å². The van der Waals surface area contributed by atoms with Crippen LogP contribution in [0, 0.1) is 19.8 Å². The number of aryl methyl sites for hydroxylation is 2. The van der Waals surface area contributed by atoms with Crippen LogP contribution in [-0.2, 0) is 11.3 Å². The molecule has 5 heteroatoms. The van der Waals surface area contributed by atoms with E-state index in [4.69, 9.17) is 0 Å². The first kappa shape index (κ1) is 19.2. The molecule has 2 heterocycles. The maximum absolute atomic E-state index is 12.7. The topological polar surface area (TPSA) is 56.4 Å². The second-order valence-electron chi connectivity index (χ2n) is 8.53. The normalized spacial score (nSPS) is 19.3. The molecule has 1 aromatic heterocycles. The molecule has 1 amide bonds. The van der Waals surface area contributed by atoms with Crippen molar-refractivity contribution in [3.63, 3.8) is 0 Å². The van der Waals surface area contributed by atoms with Gasteiger partial charge >= 0.3 is 0 Å². The molecule has 1 aliphatic carbocycles. The third-order valence-electron chi connectivity index (χ3n) is 6.66. The highest BCUT2D eigenvalue weighted by Gasteiger charge is 2.28. The molecule has 4 rings (SSSR count). The van der Waals surface area contributed by atoms with Crippen LogP contribution < -0.4 is 5.56 Å².